The number of rotatable bonds is 6. The van der Waals surface area contributed by atoms with E-state index in [9.17, 15) is 5.26 Å². The van der Waals surface area contributed by atoms with Gasteiger partial charge < -0.3 is 5.32 Å². The molecule has 3 heterocycles. The number of fused-ring (bicyclic) bond motifs is 1. The second-order valence-electron chi connectivity index (χ2n) is 4.66. The number of pyridine rings is 1. The molecule has 3 aromatic rings. The maximum atomic E-state index is 9.57. The van der Waals surface area contributed by atoms with Crippen molar-refractivity contribution in [2.45, 2.75) is 11.6 Å². The summed E-state index contributed by atoms with van der Waals surface area (Å²) in [5.41, 5.74) is 2.26. The van der Waals surface area contributed by atoms with E-state index in [0.717, 1.165) is 5.56 Å². The molecule has 0 radical (unpaired) electrons. The third-order valence-corrected chi connectivity index (χ3v) is 4.13. The van der Waals surface area contributed by atoms with Crippen LogP contribution in [0.15, 0.2) is 54.5 Å². The van der Waals surface area contributed by atoms with Crippen LogP contribution >= 0.6 is 11.8 Å². The van der Waals surface area contributed by atoms with Crippen molar-refractivity contribution in [1.82, 2.24) is 19.6 Å². The summed E-state index contributed by atoms with van der Waals surface area (Å²) in [6, 6.07) is 7.90. The number of nitrogens with zero attached hydrogens (tertiary/aromatic N) is 5. The van der Waals surface area contributed by atoms with Gasteiger partial charge in [0.2, 0.25) is 0 Å². The molecule has 6 nitrogen and oxygen atoms in total. The Balaban J connectivity index is 2.00. The molecule has 7 heteroatoms. The topological polar surface area (TPSA) is 78.9 Å². The lowest BCUT2D eigenvalue weighted by atomic mass is 10.2. The summed E-state index contributed by atoms with van der Waals surface area (Å²) in [4.78, 5) is 8.51. The van der Waals surface area contributed by atoms with Gasteiger partial charge in [-0.2, -0.15) is 14.9 Å². The standard InChI is InChI=1S/C16H14N6S/c1-2-9-23-16-13(10-17)15(22-14(21-16)5-8-20-22)19-11-12-3-6-18-7-4-12/h2-8,19H,1,9,11H2. The van der Waals surface area contributed by atoms with E-state index >= 15 is 0 Å². The lowest BCUT2D eigenvalue weighted by Crippen LogP contribution is -2.09. The molecule has 0 amide bonds. The van der Waals surface area contributed by atoms with E-state index in [-0.39, 0.29) is 0 Å². The van der Waals surface area contributed by atoms with E-state index < -0.39 is 0 Å². The van der Waals surface area contributed by atoms with Crippen molar-refractivity contribution in [3.8, 4) is 6.07 Å². The van der Waals surface area contributed by atoms with Gasteiger partial charge in [0, 0.05) is 30.8 Å². The van der Waals surface area contributed by atoms with Crippen molar-refractivity contribution in [1.29, 1.82) is 5.26 Å². The maximum Gasteiger partial charge on any atom is 0.158 e. The zero-order valence-corrected chi connectivity index (χ0v) is 13.1. The fraction of sp³-hybridized carbons (Fsp3) is 0.125. The van der Waals surface area contributed by atoms with Crippen LogP contribution in [0.2, 0.25) is 0 Å². The SMILES string of the molecule is C=CCSc1nc2ccnn2c(NCc2ccncc2)c1C#N. The van der Waals surface area contributed by atoms with Crippen molar-refractivity contribution >= 4 is 23.2 Å². The Hall–Kier alpha value is -2.85. The quantitative estimate of drug-likeness (QED) is 0.427. The number of nitrogens with one attached hydrogen (secondary N) is 1. The molecule has 0 aliphatic rings. The lowest BCUT2D eigenvalue weighted by Gasteiger charge is -2.12. The summed E-state index contributed by atoms with van der Waals surface area (Å²) < 4.78 is 1.65. The second-order valence-corrected chi connectivity index (χ2v) is 5.67. The highest BCUT2D eigenvalue weighted by Crippen LogP contribution is 2.27. The van der Waals surface area contributed by atoms with E-state index in [1.807, 2.05) is 18.2 Å². The molecule has 0 unspecified atom stereocenters. The number of anilines is 1. The molecule has 0 saturated carbocycles. The van der Waals surface area contributed by atoms with Crippen molar-refractivity contribution in [3.05, 3.63) is 60.6 Å². The van der Waals surface area contributed by atoms with Gasteiger partial charge in [0.05, 0.1) is 6.20 Å². The van der Waals surface area contributed by atoms with Crippen molar-refractivity contribution in [2.75, 3.05) is 11.1 Å². The van der Waals surface area contributed by atoms with Crippen LogP contribution in [-0.4, -0.2) is 25.3 Å². The van der Waals surface area contributed by atoms with E-state index in [1.165, 1.54) is 11.8 Å². The van der Waals surface area contributed by atoms with Gasteiger partial charge in [0.1, 0.15) is 16.7 Å². The summed E-state index contributed by atoms with van der Waals surface area (Å²) in [6.45, 7) is 4.28. The minimum atomic E-state index is 0.488. The van der Waals surface area contributed by atoms with E-state index in [4.69, 9.17) is 0 Å². The molecule has 0 atom stereocenters. The first-order valence-electron chi connectivity index (χ1n) is 6.98. The maximum absolute atomic E-state index is 9.57. The Morgan fingerprint density at radius 3 is 2.87 bits per heavy atom. The highest BCUT2D eigenvalue weighted by molar-refractivity contribution is 7.99. The Morgan fingerprint density at radius 1 is 1.30 bits per heavy atom. The third kappa shape index (κ3) is 3.17. The Morgan fingerprint density at radius 2 is 2.13 bits per heavy atom. The first kappa shape index (κ1) is 15.1. The molecule has 114 valence electrons. The molecular formula is C16H14N6S. The largest absolute Gasteiger partial charge is 0.365 e. The Labute approximate surface area is 137 Å². The normalized spacial score (nSPS) is 10.4. The van der Waals surface area contributed by atoms with Crippen LogP contribution in [0.1, 0.15) is 11.1 Å². The molecule has 1 N–H and O–H groups in total. The molecule has 0 saturated heterocycles. The van der Waals surface area contributed by atoms with Crippen LogP contribution in [0.25, 0.3) is 5.65 Å². The summed E-state index contributed by atoms with van der Waals surface area (Å²) >= 11 is 1.48. The fourth-order valence-corrected chi connectivity index (χ4v) is 2.83. The van der Waals surface area contributed by atoms with Crippen molar-refractivity contribution in [3.63, 3.8) is 0 Å². The fourth-order valence-electron chi connectivity index (χ4n) is 2.11. The Bertz CT molecular complexity index is 865. The molecule has 0 fully saturated rings. The monoisotopic (exact) mass is 322 g/mol. The van der Waals surface area contributed by atoms with Crippen LogP contribution in [0.5, 0.6) is 0 Å². The number of hydrogen-bond donors (Lipinski definition) is 1. The minimum Gasteiger partial charge on any atom is -0.365 e. The molecule has 0 aliphatic heterocycles. The molecule has 0 aromatic carbocycles. The second kappa shape index (κ2) is 6.94. The predicted molar refractivity (Wildman–Crippen MR) is 90.2 cm³/mol. The average Bonchev–Trinajstić information content (AvgIpc) is 3.06. The molecular weight excluding hydrogens is 308 g/mol. The Kier molecular flexibility index (Phi) is 4.54. The van der Waals surface area contributed by atoms with Gasteiger partial charge >= 0.3 is 0 Å². The highest BCUT2D eigenvalue weighted by atomic mass is 32.2. The van der Waals surface area contributed by atoms with Crippen LogP contribution < -0.4 is 5.32 Å². The molecule has 0 aliphatic carbocycles. The van der Waals surface area contributed by atoms with Crippen LogP contribution in [0.4, 0.5) is 5.82 Å². The van der Waals surface area contributed by atoms with E-state index in [2.05, 4.69) is 33.0 Å². The van der Waals surface area contributed by atoms with E-state index in [1.54, 1.807) is 29.2 Å². The summed E-state index contributed by atoms with van der Waals surface area (Å²) in [5.74, 6) is 1.33. The summed E-state index contributed by atoms with van der Waals surface area (Å²) in [5, 5.41) is 17.8. The lowest BCUT2D eigenvalue weighted by molar-refractivity contribution is 0.897. The number of aromatic nitrogens is 4. The van der Waals surface area contributed by atoms with Gasteiger partial charge in [-0.1, -0.05) is 6.08 Å². The zero-order valence-electron chi connectivity index (χ0n) is 12.3. The van der Waals surface area contributed by atoms with Gasteiger partial charge in [-0.25, -0.2) is 4.98 Å². The summed E-state index contributed by atoms with van der Waals surface area (Å²) in [7, 11) is 0. The molecule has 3 aromatic heterocycles. The molecule has 23 heavy (non-hydrogen) atoms. The minimum absolute atomic E-state index is 0.488. The first-order valence-corrected chi connectivity index (χ1v) is 7.96. The summed E-state index contributed by atoms with van der Waals surface area (Å²) in [6.07, 6.45) is 6.94. The highest BCUT2D eigenvalue weighted by Gasteiger charge is 2.16. The van der Waals surface area contributed by atoms with Gasteiger partial charge in [0.25, 0.3) is 0 Å². The predicted octanol–water partition coefficient (Wildman–Crippen LogP) is 2.89. The van der Waals surface area contributed by atoms with Crippen LogP contribution in [-0.2, 0) is 6.54 Å². The smallest absolute Gasteiger partial charge is 0.158 e. The first-order chi connectivity index (χ1) is 11.3. The average molecular weight is 322 g/mol. The van der Waals surface area contributed by atoms with Gasteiger partial charge in [-0.15, -0.1) is 18.3 Å². The zero-order chi connectivity index (χ0) is 16.1. The van der Waals surface area contributed by atoms with Crippen molar-refractivity contribution < 1.29 is 0 Å². The van der Waals surface area contributed by atoms with Gasteiger partial charge in [-0.3, -0.25) is 4.98 Å². The third-order valence-electron chi connectivity index (χ3n) is 3.16. The van der Waals surface area contributed by atoms with Gasteiger partial charge in [-0.05, 0) is 17.7 Å². The molecule has 0 bridgehead atoms. The van der Waals surface area contributed by atoms with Gasteiger partial charge in [0.15, 0.2) is 11.5 Å². The number of thioether (sulfide) groups is 1. The molecule has 0 spiro atoms. The van der Waals surface area contributed by atoms with E-state index in [0.29, 0.717) is 34.4 Å². The number of nitriles is 1. The number of hydrogen-bond acceptors (Lipinski definition) is 6. The van der Waals surface area contributed by atoms with Crippen molar-refractivity contribution in [2.24, 2.45) is 0 Å². The molecule has 3 rings (SSSR count). The van der Waals surface area contributed by atoms with Crippen LogP contribution in [0.3, 0.4) is 0 Å². The van der Waals surface area contributed by atoms with Crippen LogP contribution in [0, 0.1) is 11.3 Å².